The summed E-state index contributed by atoms with van der Waals surface area (Å²) in [5.41, 5.74) is 0. The van der Waals surface area contributed by atoms with Crippen molar-refractivity contribution in [1.82, 2.24) is 0 Å². The maximum Gasteiger partial charge on any atom is 2.00 e. The average molecular weight is 560 g/mol. The molecular formula is C22H38O12Zn. The van der Waals surface area contributed by atoms with Crippen molar-refractivity contribution >= 4 is 23.9 Å². The Morgan fingerprint density at radius 1 is 0.571 bits per heavy atom. The molecule has 0 saturated carbocycles. The Morgan fingerprint density at radius 3 is 1.14 bits per heavy atom. The second-order valence-electron chi connectivity index (χ2n) is 7.54. The summed E-state index contributed by atoms with van der Waals surface area (Å²) < 4.78 is 30.3. The number of carboxylic acids is 2. The molecule has 13 heteroatoms. The largest absolute Gasteiger partial charge is 2.00 e. The summed E-state index contributed by atoms with van der Waals surface area (Å²) in [5, 5.41) is 20.2. The number of aliphatic carboxylic acids is 2. The van der Waals surface area contributed by atoms with Crippen molar-refractivity contribution in [3.8, 4) is 0 Å². The van der Waals surface area contributed by atoms with Crippen LogP contribution >= 0.6 is 0 Å². The molecule has 0 spiro atoms. The Bertz CT molecular complexity index is 537. The van der Waals surface area contributed by atoms with E-state index >= 15 is 0 Å². The van der Waals surface area contributed by atoms with Gasteiger partial charge < -0.3 is 48.2 Å². The Morgan fingerprint density at radius 2 is 0.886 bits per heavy atom. The summed E-state index contributed by atoms with van der Waals surface area (Å²) in [6.07, 6.45) is -2.00. The molecule has 0 aromatic heterocycles. The monoisotopic (exact) mass is 558 g/mol. The van der Waals surface area contributed by atoms with E-state index in [4.69, 9.17) is 28.4 Å². The third-order valence-corrected chi connectivity index (χ3v) is 3.77. The summed E-state index contributed by atoms with van der Waals surface area (Å²) in [6, 6.07) is 0. The normalized spacial score (nSPS) is 13.7. The molecule has 0 bridgehead atoms. The number of ether oxygens (including phenoxy) is 6. The molecular weight excluding hydrogens is 522 g/mol. The molecule has 0 N–H and O–H groups in total. The van der Waals surface area contributed by atoms with Crippen LogP contribution in [0.2, 0.25) is 0 Å². The number of esters is 2. The second-order valence-corrected chi connectivity index (χ2v) is 7.54. The van der Waals surface area contributed by atoms with Gasteiger partial charge >= 0.3 is 31.4 Å². The number of methoxy groups -OCH3 is 2. The smallest absolute Gasteiger partial charge is 0.550 e. The molecule has 200 valence electrons. The summed E-state index contributed by atoms with van der Waals surface area (Å²) in [5.74, 6) is -3.66. The molecule has 0 heterocycles. The Balaban J connectivity index is -0.000000569. The Labute approximate surface area is 219 Å². The van der Waals surface area contributed by atoms with Crippen LogP contribution in [0.1, 0.15) is 53.4 Å². The molecule has 35 heavy (non-hydrogen) atoms. The zero-order chi connectivity index (χ0) is 26.5. The fourth-order valence-electron chi connectivity index (χ4n) is 2.21. The van der Waals surface area contributed by atoms with E-state index in [0.29, 0.717) is 13.2 Å². The molecule has 4 unspecified atom stereocenters. The van der Waals surface area contributed by atoms with Gasteiger partial charge in [-0.2, -0.15) is 0 Å². The molecule has 0 aliphatic rings. The maximum absolute atomic E-state index is 11.1. The van der Waals surface area contributed by atoms with E-state index in [1.165, 1.54) is 0 Å². The van der Waals surface area contributed by atoms with Gasteiger partial charge in [0.2, 0.25) is 0 Å². The van der Waals surface area contributed by atoms with Crippen LogP contribution in [0, 0.1) is 0 Å². The third-order valence-electron chi connectivity index (χ3n) is 3.77. The summed E-state index contributed by atoms with van der Waals surface area (Å²) in [6.45, 7) is 8.47. The standard InChI is InChI=1S/2C11H20O6.Zn/c2*1-8(6-15-3)16-7-9(2)17-11(14)5-4-10(12)13;/h2*8-9H,4-7H2,1-3H3,(H,12,13);/q;;+2/p-2. The van der Waals surface area contributed by atoms with E-state index in [2.05, 4.69) is 0 Å². The average Bonchev–Trinajstić information content (AvgIpc) is 2.74. The van der Waals surface area contributed by atoms with Gasteiger partial charge in [-0.25, -0.2) is 0 Å². The maximum atomic E-state index is 11.1. The van der Waals surface area contributed by atoms with E-state index in [-0.39, 0.29) is 70.6 Å². The van der Waals surface area contributed by atoms with Gasteiger partial charge in [-0.1, -0.05) is 0 Å². The van der Waals surface area contributed by atoms with Crippen LogP contribution in [0.5, 0.6) is 0 Å². The quantitative estimate of drug-likeness (QED) is 0.148. The van der Waals surface area contributed by atoms with Crippen molar-refractivity contribution in [2.75, 3.05) is 40.6 Å². The summed E-state index contributed by atoms with van der Waals surface area (Å²) in [4.78, 5) is 42.5. The van der Waals surface area contributed by atoms with Gasteiger partial charge in [-0.15, -0.1) is 0 Å². The van der Waals surface area contributed by atoms with Crippen LogP contribution in [0.3, 0.4) is 0 Å². The number of rotatable bonds is 18. The first-order valence-electron chi connectivity index (χ1n) is 10.9. The van der Waals surface area contributed by atoms with Crippen molar-refractivity contribution in [3.05, 3.63) is 0 Å². The molecule has 0 amide bonds. The summed E-state index contributed by atoms with van der Waals surface area (Å²) >= 11 is 0. The Hall–Kier alpha value is -1.66. The number of hydrogen-bond acceptors (Lipinski definition) is 12. The molecule has 0 aromatic carbocycles. The fraction of sp³-hybridized carbons (Fsp3) is 0.818. The first-order chi connectivity index (χ1) is 15.9. The van der Waals surface area contributed by atoms with Crippen LogP contribution in [-0.2, 0) is 67.1 Å². The van der Waals surface area contributed by atoms with E-state index in [9.17, 15) is 29.4 Å². The minimum absolute atomic E-state index is 0. The molecule has 0 aromatic rings. The molecule has 4 atom stereocenters. The van der Waals surface area contributed by atoms with Gasteiger partial charge in [0.1, 0.15) is 12.2 Å². The van der Waals surface area contributed by atoms with Crippen LogP contribution in [0.4, 0.5) is 0 Å². The van der Waals surface area contributed by atoms with Gasteiger partial charge in [0, 0.05) is 26.2 Å². The number of carbonyl (C=O) groups excluding carboxylic acids is 4. The minimum Gasteiger partial charge on any atom is -0.550 e. The number of hydrogen-bond donors (Lipinski definition) is 0. The second kappa shape index (κ2) is 24.1. The topological polar surface area (TPSA) is 170 Å². The van der Waals surface area contributed by atoms with Crippen LogP contribution in [0.15, 0.2) is 0 Å². The van der Waals surface area contributed by atoms with Crippen molar-refractivity contribution in [1.29, 1.82) is 0 Å². The van der Waals surface area contributed by atoms with Crippen LogP contribution < -0.4 is 10.2 Å². The number of carboxylic acid groups (broad SMARTS) is 2. The van der Waals surface area contributed by atoms with Gasteiger partial charge in [-0.3, -0.25) is 9.59 Å². The zero-order valence-corrected chi connectivity index (χ0v) is 24.5. The molecule has 0 saturated heterocycles. The summed E-state index contributed by atoms with van der Waals surface area (Å²) in [7, 11) is 3.15. The first-order valence-corrected chi connectivity index (χ1v) is 10.9. The van der Waals surface area contributed by atoms with Crippen molar-refractivity contribution in [2.24, 2.45) is 0 Å². The van der Waals surface area contributed by atoms with Crippen LogP contribution in [0.25, 0.3) is 0 Å². The zero-order valence-electron chi connectivity index (χ0n) is 21.6. The van der Waals surface area contributed by atoms with Gasteiger partial charge in [0.05, 0.1) is 51.5 Å². The molecule has 0 aliphatic carbocycles. The first kappa shape index (κ1) is 37.9. The van der Waals surface area contributed by atoms with Gasteiger partial charge in [0.25, 0.3) is 0 Å². The van der Waals surface area contributed by atoms with Crippen molar-refractivity contribution in [3.63, 3.8) is 0 Å². The predicted octanol–water partition coefficient (Wildman–Crippen LogP) is -1.00. The van der Waals surface area contributed by atoms with Gasteiger partial charge in [-0.05, 0) is 40.5 Å². The Kier molecular flexibility index (Phi) is 26.0. The molecule has 12 nitrogen and oxygen atoms in total. The number of carbonyl (C=O) groups is 4. The third kappa shape index (κ3) is 28.5. The predicted molar refractivity (Wildman–Crippen MR) is 114 cm³/mol. The van der Waals surface area contributed by atoms with E-state index in [1.54, 1.807) is 28.1 Å². The molecule has 0 fully saturated rings. The minimum atomic E-state index is -1.26. The van der Waals surface area contributed by atoms with E-state index in [0.717, 1.165) is 0 Å². The molecule has 0 rings (SSSR count). The van der Waals surface area contributed by atoms with Crippen molar-refractivity contribution in [2.45, 2.75) is 77.8 Å². The van der Waals surface area contributed by atoms with E-state index < -0.39 is 36.1 Å². The molecule has 0 aliphatic heterocycles. The van der Waals surface area contributed by atoms with Crippen LogP contribution in [-0.4, -0.2) is 88.9 Å². The van der Waals surface area contributed by atoms with Crippen molar-refractivity contribution < 1.29 is 77.3 Å². The van der Waals surface area contributed by atoms with Gasteiger partial charge in [0.15, 0.2) is 0 Å². The molecule has 0 radical (unpaired) electrons. The SMILES string of the molecule is COCC(C)OCC(C)OC(=O)CCC(=O)[O-].COCC(C)OCC(C)OC(=O)CCC(=O)[O-].[Zn+2]. The van der Waals surface area contributed by atoms with E-state index in [1.807, 2.05) is 13.8 Å². The fourth-order valence-corrected chi connectivity index (χ4v) is 2.21.